The van der Waals surface area contributed by atoms with Crippen LogP contribution in [0.25, 0.3) is 0 Å². The van der Waals surface area contributed by atoms with Crippen LogP contribution in [0.2, 0.25) is 0 Å². The van der Waals surface area contributed by atoms with Crippen molar-refractivity contribution in [1.82, 2.24) is 10.6 Å². The molecule has 2 rings (SSSR count). The molecule has 0 radical (unpaired) electrons. The van der Waals surface area contributed by atoms with Crippen LogP contribution in [0.4, 0.5) is 8.78 Å². The molecule has 0 saturated heterocycles. The maximum absolute atomic E-state index is 11.9. The van der Waals surface area contributed by atoms with Gasteiger partial charge in [0.25, 0.3) is 0 Å². The predicted octanol–water partition coefficient (Wildman–Crippen LogP) is 4.81. The van der Waals surface area contributed by atoms with Crippen molar-refractivity contribution in [2.75, 3.05) is 13.7 Å². The van der Waals surface area contributed by atoms with Crippen molar-refractivity contribution in [2.24, 2.45) is 0 Å². The summed E-state index contributed by atoms with van der Waals surface area (Å²) in [6.07, 6.45) is 7.01. The second kappa shape index (κ2) is 17.5. The van der Waals surface area contributed by atoms with E-state index in [0.717, 1.165) is 44.6 Å². The Bertz CT molecular complexity index is 594. The van der Waals surface area contributed by atoms with Crippen LogP contribution in [0, 0.1) is 11.6 Å². The molecule has 2 N–H and O–H groups in total. The highest BCUT2D eigenvalue weighted by Gasteiger charge is 2.32. The summed E-state index contributed by atoms with van der Waals surface area (Å²) >= 11 is 0. The van der Waals surface area contributed by atoms with Gasteiger partial charge in [0.2, 0.25) is 6.41 Å². The number of rotatable bonds is 6. The van der Waals surface area contributed by atoms with Crippen LogP contribution in [-0.2, 0) is 14.3 Å². The summed E-state index contributed by atoms with van der Waals surface area (Å²) in [4.78, 5) is 20.6. The Kier molecular flexibility index (Phi) is 17.6. The minimum absolute atomic E-state index is 0.0417. The van der Waals surface area contributed by atoms with Crippen LogP contribution < -0.4 is 10.6 Å². The van der Waals surface area contributed by atoms with E-state index >= 15 is 0 Å². The van der Waals surface area contributed by atoms with E-state index in [2.05, 4.69) is 31.1 Å². The Morgan fingerprint density at radius 1 is 1.16 bits per heavy atom. The first-order valence-electron chi connectivity index (χ1n) is 10.4. The number of ether oxygens (including phenoxy) is 1. The van der Waals surface area contributed by atoms with Crippen molar-refractivity contribution < 1.29 is 23.1 Å². The lowest BCUT2D eigenvalue weighted by atomic mass is 10.0. The fourth-order valence-electron chi connectivity index (χ4n) is 2.20. The summed E-state index contributed by atoms with van der Waals surface area (Å²) in [5.74, 6) is -1.07. The summed E-state index contributed by atoms with van der Waals surface area (Å²) in [5.41, 5.74) is -0.470. The smallest absolute Gasteiger partial charge is 0.207 e. The number of benzene rings is 1. The lowest BCUT2D eigenvalue weighted by molar-refractivity contribution is -0.118. The molecule has 0 aromatic heterocycles. The van der Waals surface area contributed by atoms with Gasteiger partial charge in [-0.3, -0.25) is 4.79 Å². The predicted molar refractivity (Wildman–Crippen MR) is 123 cm³/mol. The zero-order valence-electron chi connectivity index (χ0n) is 19.8. The fraction of sp³-hybridized carbons (Fsp3) is 0.583. The highest BCUT2D eigenvalue weighted by Crippen LogP contribution is 2.26. The maximum Gasteiger partial charge on any atom is 0.207 e. The monoisotopic (exact) mass is 442 g/mol. The van der Waals surface area contributed by atoms with Crippen LogP contribution >= 0.6 is 0 Å². The molecule has 1 aliphatic carbocycles. The number of carbonyl (C=O) groups excluding carboxylic acids is 2. The molecular formula is C24H40F2N2O3. The average molecular weight is 443 g/mol. The van der Waals surface area contributed by atoms with Crippen molar-refractivity contribution in [3.05, 3.63) is 48.6 Å². The Morgan fingerprint density at radius 2 is 1.65 bits per heavy atom. The first-order valence-corrected chi connectivity index (χ1v) is 10.4. The molecule has 0 bridgehead atoms. The molecule has 0 spiro atoms. The largest absolute Gasteiger partial charge is 0.379 e. The van der Waals surface area contributed by atoms with E-state index in [9.17, 15) is 18.4 Å². The Labute approximate surface area is 186 Å². The third-order valence-corrected chi connectivity index (χ3v) is 4.14. The van der Waals surface area contributed by atoms with E-state index in [1.165, 1.54) is 18.2 Å². The van der Waals surface area contributed by atoms with Crippen molar-refractivity contribution in [3.63, 3.8) is 0 Å². The van der Waals surface area contributed by atoms with Gasteiger partial charge in [-0.1, -0.05) is 38.8 Å². The topological polar surface area (TPSA) is 67.4 Å². The molecule has 1 saturated carbocycles. The number of hydrogen-bond donors (Lipinski definition) is 2. The van der Waals surface area contributed by atoms with E-state index in [1.807, 2.05) is 26.8 Å². The first kappa shape index (κ1) is 31.1. The number of hydrogen-bond acceptors (Lipinski definition) is 4. The minimum Gasteiger partial charge on any atom is -0.379 e. The van der Waals surface area contributed by atoms with Gasteiger partial charge in [-0.15, -0.1) is 6.58 Å². The zero-order valence-corrected chi connectivity index (χ0v) is 19.8. The van der Waals surface area contributed by atoms with Gasteiger partial charge in [0, 0.05) is 25.8 Å². The normalized spacial score (nSPS) is 14.0. The Balaban J connectivity index is 0. The molecule has 31 heavy (non-hydrogen) atoms. The summed E-state index contributed by atoms with van der Waals surface area (Å²) in [7, 11) is 1.71. The number of carbonyl (C=O) groups is 2. The standard InChI is InChI=1S/C7H11NO2.C6H4F2.C6H13N.C5H12O/c9-5-7(8-6-10)3-1-2-4-7;7-5-2-1-3-6(8)4-5;1-4-5-7-6(2)3;1-5(2,3)6-4/h5-6H,1-4H2,(H,8,10);1-4H;4,6-7H,1,5H2,2-3H3;1-4H3. The quantitative estimate of drug-likeness (QED) is 0.490. The third kappa shape index (κ3) is 19.6. The molecule has 5 nitrogen and oxygen atoms in total. The first-order chi connectivity index (χ1) is 14.4. The average Bonchev–Trinajstić information content (AvgIpc) is 3.16. The van der Waals surface area contributed by atoms with Crippen molar-refractivity contribution in [1.29, 1.82) is 0 Å². The molecule has 7 heteroatoms. The molecule has 1 aromatic carbocycles. The molecule has 0 unspecified atom stereocenters. The highest BCUT2D eigenvalue weighted by molar-refractivity contribution is 5.69. The van der Waals surface area contributed by atoms with Gasteiger partial charge in [-0.25, -0.2) is 8.78 Å². The number of aldehydes is 1. The summed E-state index contributed by atoms with van der Waals surface area (Å²) < 4.78 is 28.8. The molecular weight excluding hydrogens is 402 g/mol. The van der Waals surface area contributed by atoms with E-state index in [1.54, 1.807) is 7.11 Å². The molecule has 1 aromatic rings. The summed E-state index contributed by atoms with van der Waals surface area (Å²) in [6, 6.07) is 5.13. The van der Waals surface area contributed by atoms with Crippen molar-refractivity contribution >= 4 is 12.7 Å². The van der Waals surface area contributed by atoms with Gasteiger partial charge in [-0.2, -0.15) is 0 Å². The van der Waals surface area contributed by atoms with Gasteiger partial charge in [-0.05, 0) is 45.7 Å². The minimum atomic E-state index is -0.537. The van der Waals surface area contributed by atoms with Crippen LogP contribution in [0.1, 0.15) is 60.3 Å². The van der Waals surface area contributed by atoms with Gasteiger partial charge in [0.05, 0.1) is 11.1 Å². The van der Waals surface area contributed by atoms with E-state index < -0.39 is 17.2 Å². The number of amides is 1. The SMILES string of the molecule is C=CCNC(C)C.COC(C)(C)C.Fc1cccc(F)c1.O=CNC1(C=O)CCCC1. The van der Waals surface area contributed by atoms with Crippen LogP contribution in [0.5, 0.6) is 0 Å². The van der Waals surface area contributed by atoms with Gasteiger partial charge in [0.1, 0.15) is 17.9 Å². The van der Waals surface area contributed by atoms with Crippen LogP contribution in [0.3, 0.4) is 0 Å². The Morgan fingerprint density at radius 3 is 1.87 bits per heavy atom. The number of nitrogens with one attached hydrogen (secondary N) is 2. The fourth-order valence-corrected chi connectivity index (χ4v) is 2.20. The molecule has 178 valence electrons. The van der Waals surface area contributed by atoms with Crippen molar-refractivity contribution in [3.8, 4) is 0 Å². The lowest BCUT2D eigenvalue weighted by Gasteiger charge is -2.19. The third-order valence-electron chi connectivity index (χ3n) is 4.14. The number of halogens is 2. The van der Waals surface area contributed by atoms with E-state index in [4.69, 9.17) is 4.74 Å². The van der Waals surface area contributed by atoms with Gasteiger partial charge < -0.3 is 20.2 Å². The maximum atomic E-state index is 11.9. The zero-order chi connectivity index (χ0) is 24.3. The van der Waals surface area contributed by atoms with Crippen LogP contribution in [-0.4, -0.2) is 43.5 Å². The molecule has 0 heterocycles. The summed E-state index contributed by atoms with van der Waals surface area (Å²) in [6.45, 7) is 14.8. The Hall–Kier alpha value is -2.12. The van der Waals surface area contributed by atoms with Gasteiger partial charge >= 0.3 is 0 Å². The van der Waals surface area contributed by atoms with Gasteiger partial charge in [0.15, 0.2) is 0 Å². The number of methoxy groups -OCH3 is 1. The molecule has 1 aliphatic rings. The molecule has 0 aliphatic heterocycles. The second-order valence-electron chi connectivity index (χ2n) is 8.35. The molecule has 0 atom stereocenters. The lowest BCUT2D eigenvalue weighted by Crippen LogP contribution is -2.43. The van der Waals surface area contributed by atoms with E-state index in [-0.39, 0.29) is 5.60 Å². The molecule has 1 fully saturated rings. The molecule has 1 amide bonds. The van der Waals surface area contributed by atoms with Crippen LogP contribution in [0.15, 0.2) is 36.9 Å². The second-order valence-corrected chi connectivity index (χ2v) is 8.35. The highest BCUT2D eigenvalue weighted by atomic mass is 19.1. The van der Waals surface area contributed by atoms with E-state index in [0.29, 0.717) is 12.5 Å². The summed E-state index contributed by atoms with van der Waals surface area (Å²) in [5, 5.41) is 5.74. The van der Waals surface area contributed by atoms with Crippen molar-refractivity contribution in [2.45, 2.75) is 77.5 Å².